The second-order valence-electron chi connectivity index (χ2n) is 7.12. The van der Waals surface area contributed by atoms with Gasteiger partial charge < -0.3 is 19.8 Å². The Bertz CT molecular complexity index is 992. The fourth-order valence-electron chi connectivity index (χ4n) is 3.58. The first-order chi connectivity index (χ1) is 13.7. The van der Waals surface area contributed by atoms with Crippen LogP contribution in [0, 0.1) is 6.92 Å². The molecule has 0 amide bonds. The van der Waals surface area contributed by atoms with E-state index in [9.17, 15) is 0 Å². The van der Waals surface area contributed by atoms with Crippen LogP contribution >= 0.6 is 0 Å². The number of guanidine groups is 1. The lowest BCUT2D eigenvalue weighted by molar-refractivity contribution is 0.357. The molecule has 0 fully saturated rings. The molecule has 6 nitrogen and oxygen atoms in total. The number of fused-ring (bicyclic) bond motifs is 2. The zero-order valence-corrected chi connectivity index (χ0v) is 16.5. The van der Waals surface area contributed by atoms with Crippen molar-refractivity contribution >= 4 is 11.6 Å². The Morgan fingerprint density at radius 2 is 2.07 bits per heavy atom. The van der Waals surface area contributed by atoms with Crippen molar-refractivity contribution in [2.45, 2.75) is 26.2 Å². The summed E-state index contributed by atoms with van der Waals surface area (Å²) in [5.41, 5.74) is 5.95. The predicted octanol–water partition coefficient (Wildman–Crippen LogP) is 2.53. The Hall–Kier alpha value is -3.02. The molecule has 1 aliphatic rings. The zero-order chi connectivity index (χ0) is 19.3. The molecule has 0 atom stereocenters. The highest BCUT2D eigenvalue weighted by molar-refractivity contribution is 5.79. The summed E-state index contributed by atoms with van der Waals surface area (Å²) < 4.78 is 7.65. The molecule has 2 aromatic heterocycles. The summed E-state index contributed by atoms with van der Waals surface area (Å²) in [4.78, 5) is 9.03. The number of hydrogen-bond acceptors (Lipinski definition) is 3. The van der Waals surface area contributed by atoms with Gasteiger partial charge in [-0.05, 0) is 42.2 Å². The summed E-state index contributed by atoms with van der Waals surface area (Å²) in [5, 5.41) is 6.76. The molecule has 0 aliphatic carbocycles. The van der Waals surface area contributed by atoms with Gasteiger partial charge in [0.05, 0.1) is 12.3 Å². The standard InChI is InChI=1S/C22H27N5O/c1-16-4-3-12-27-15-19(26-21(16)27)8-11-25-22(23-2)24-10-7-17-5-6-20-18(14-17)9-13-28-20/h3-6,12,14-15H,7-11,13H2,1-2H3,(H2,23,24,25). The molecule has 1 aliphatic heterocycles. The van der Waals surface area contributed by atoms with E-state index in [0.29, 0.717) is 0 Å². The van der Waals surface area contributed by atoms with Crippen LogP contribution in [0.15, 0.2) is 47.7 Å². The van der Waals surface area contributed by atoms with Crippen molar-refractivity contribution in [1.82, 2.24) is 20.0 Å². The van der Waals surface area contributed by atoms with Gasteiger partial charge in [-0.3, -0.25) is 4.99 Å². The summed E-state index contributed by atoms with van der Waals surface area (Å²) in [5.74, 6) is 1.86. The maximum Gasteiger partial charge on any atom is 0.190 e. The number of hydrogen-bond donors (Lipinski definition) is 2. The molecule has 0 radical (unpaired) electrons. The van der Waals surface area contributed by atoms with E-state index >= 15 is 0 Å². The minimum Gasteiger partial charge on any atom is -0.493 e. The van der Waals surface area contributed by atoms with Gasteiger partial charge in [-0.2, -0.15) is 0 Å². The van der Waals surface area contributed by atoms with E-state index in [1.165, 1.54) is 16.7 Å². The zero-order valence-electron chi connectivity index (χ0n) is 16.5. The number of aliphatic imine (C=N–C) groups is 1. The maximum atomic E-state index is 5.57. The molecule has 0 spiro atoms. The third kappa shape index (κ3) is 4.11. The summed E-state index contributed by atoms with van der Waals surface area (Å²) in [6.45, 7) is 4.52. The fourth-order valence-corrected chi connectivity index (χ4v) is 3.58. The predicted molar refractivity (Wildman–Crippen MR) is 112 cm³/mol. The molecule has 1 aromatic carbocycles. The van der Waals surface area contributed by atoms with Crippen LogP contribution in [0.25, 0.3) is 5.65 Å². The largest absolute Gasteiger partial charge is 0.493 e. The highest BCUT2D eigenvalue weighted by Crippen LogP contribution is 2.25. The minimum atomic E-state index is 0.790. The van der Waals surface area contributed by atoms with Gasteiger partial charge in [-0.25, -0.2) is 4.98 Å². The third-order valence-corrected chi connectivity index (χ3v) is 5.08. The van der Waals surface area contributed by atoms with Gasteiger partial charge in [0.25, 0.3) is 0 Å². The van der Waals surface area contributed by atoms with Crippen molar-refractivity contribution in [2.24, 2.45) is 4.99 Å². The number of imidazole rings is 1. The van der Waals surface area contributed by atoms with Crippen molar-refractivity contribution in [3.05, 3.63) is 65.1 Å². The lowest BCUT2D eigenvalue weighted by Gasteiger charge is -2.11. The first kappa shape index (κ1) is 18.3. The van der Waals surface area contributed by atoms with Crippen LogP contribution in [-0.4, -0.2) is 42.1 Å². The maximum absolute atomic E-state index is 5.57. The van der Waals surface area contributed by atoms with Crippen molar-refractivity contribution < 1.29 is 4.74 Å². The van der Waals surface area contributed by atoms with Gasteiger partial charge in [0.15, 0.2) is 5.96 Å². The molecule has 0 saturated heterocycles. The Morgan fingerprint density at radius 1 is 1.21 bits per heavy atom. The Balaban J connectivity index is 1.24. The SMILES string of the molecule is CN=C(NCCc1ccc2c(c1)CCO2)NCCc1cn2cccc(C)c2n1. The average molecular weight is 377 g/mol. The topological polar surface area (TPSA) is 63.0 Å². The first-order valence-corrected chi connectivity index (χ1v) is 9.85. The molecule has 4 rings (SSSR count). The van der Waals surface area contributed by atoms with E-state index in [2.05, 4.69) is 57.4 Å². The quantitative estimate of drug-likeness (QED) is 0.512. The number of ether oxygens (including phenoxy) is 1. The molecule has 28 heavy (non-hydrogen) atoms. The van der Waals surface area contributed by atoms with Crippen LogP contribution in [-0.2, 0) is 19.3 Å². The molecule has 0 saturated carbocycles. The molecule has 0 bridgehead atoms. The Labute approximate surface area is 165 Å². The molecule has 0 unspecified atom stereocenters. The molecule has 146 valence electrons. The van der Waals surface area contributed by atoms with E-state index in [1.54, 1.807) is 7.05 Å². The van der Waals surface area contributed by atoms with Gasteiger partial charge in [-0.1, -0.05) is 18.2 Å². The highest BCUT2D eigenvalue weighted by Gasteiger charge is 2.11. The van der Waals surface area contributed by atoms with Crippen LogP contribution in [0.5, 0.6) is 5.75 Å². The van der Waals surface area contributed by atoms with E-state index < -0.39 is 0 Å². The number of aryl methyl sites for hydroxylation is 1. The lowest BCUT2D eigenvalue weighted by atomic mass is 10.1. The van der Waals surface area contributed by atoms with Gasteiger partial charge in [-0.15, -0.1) is 0 Å². The van der Waals surface area contributed by atoms with Crippen molar-refractivity contribution in [1.29, 1.82) is 0 Å². The summed E-state index contributed by atoms with van der Waals surface area (Å²) in [7, 11) is 1.80. The Morgan fingerprint density at radius 3 is 2.89 bits per heavy atom. The number of benzene rings is 1. The summed E-state index contributed by atoms with van der Waals surface area (Å²) in [6, 6.07) is 10.6. The van der Waals surface area contributed by atoms with E-state index in [4.69, 9.17) is 9.72 Å². The molecular weight excluding hydrogens is 350 g/mol. The van der Waals surface area contributed by atoms with Crippen LogP contribution in [0.4, 0.5) is 0 Å². The van der Waals surface area contributed by atoms with E-state index in [-0.39, 0.29) is 0 Å². The Kier molecular flexibility index (Phi) is 5.46. The van der Waals surface area contributed by atoms with Gasteiger partial charge in [0.1, 0.15) is 11.4 Å². The first-order valence-electron chi connectivity index (χ1n) is 9.85. The summed E-state index contributed by atoms with van der Waals surface area (Å²) >= 11 is 0. The lowest BCUT2D eigenvalue weighted by Crippen LogP contribution is -2.39. The van der Waals surface area contributed by atoms with Gasteiger partial charge >= 0.3 is 0 Å². The number of nitrogens with one attached hydrogen (secondary N) is 2. The number of pyridine rings is 1. The number of nitrogens with zero attached hydrogens (tertiary/aromatic N) is 3. The van der Waals surface area contributed by atoms with Crippen LogP contribution in [0.1, 0.15) is 22.4 Å². The summed E-state index contributed by atoms with van der Waals surface area (Å²) in [6.07, 6.45) is 6.96. The van der Waals surface area contributed by atoms with Crippen molar-refractivity contribution in [2.75, 3.05) is 26.7 Å². The number of rotatable bonds is 6. The highest BCUT2D eigenvalue weighted by atomic mass is 16.5. The fraction of sp³-hybridized carbons (Fsp3) is 0.364. The van der Waals surface area contributed by atoms with Crippen LogP contribution in [0.3, 0.4) is 0 Å². The van der Waals surface area contributed by atoms with Crippen LogP contribution in [0.2, 0.25) is 0 Å². The third-order valence-electron chi connectivity index (χ3n) is 5.08. The monoisotopic (exact) mass is 377 g/mol. The molecule has 2 N–H and O–H groups in total. The molecule has 6 heteroatoms. The minimum absolute atomic E-state index is 0.790. The second-order valence-corrected chi connectivity index (χ2v) is 7.12. The average Bonchev–Trinajstić information content (AvgIpc) is 3.33. The normalized spacial score (nSPS) is 13.4. The molecule has 3 aromatic rings. The molecule has 3 heterocycles. The smallest absolute Gasteiger partial charge is 0.190 e. The van der Waals surface area contributed by atoms with Gasteiger partial charge in [0, 0.05) is 45.4 Å². The molecular formula is C22H27N5O. The van der Waals surface area contributed by atoms with E-state index in [1.807, 2.05) is 12.3 Å². The van der Waals surface area contributed by atoms with Crippen molar-refractivity contribution in [3.8, 4) is 5.75 Å². The van der Waals surface area contributed by atoms with Crippen LogP contribution < -0.4 is 15.4 Å². The van der Waals surface area contributed by atoms with E-state index in [0.717, 1.165) is 62.0 Å². The second kappa shape index (κ2) is 8.33. The number of aromatic nitrogens is 2. The van der Waals surface area contributed by atoms with Crippen molar-refractivity contribution in [3.63, 3.8) is 0 Å². The van der Waals surface area contributed by atoms with Gasteiger partial charge in [0.2, 0.25) is 0 Å².